The first-order chi connectivity index (χ1) is 16.3. The molecular formula is C24H27F3N4O2S. The van der Waals surface area contributed by atoms with Crippen LogP contribution in [0.2, 0.25) is 0 Å². The van der Waals surface area contributed by atoms with Crippen LogP contribution in [0.15, 0.2) is 36.4 Å². The molecule has 0 amide bonds. The fraction of sp³-hybridized carbons (Fsp3) is 0.458. The Balaban J connectivity index is 1.67. The lowest BCUT2D eigenvalue weighted by Gasteiger charge is -2.38. The molecule has 1 saturated heterocycles. The van der Waals surface area contributed by atoms with E-state index in [1.165, 1.54) is 0 Å². The number of piperidine rings is 1. The Morgan fingerprint density at radius 1 is 1.24 bits per heavy atom. The van der Waals surface area contributed by atoms with E-state index >= 15 is 0 Å². The first-order valence-electron chi connectivity index (χ1n) is 11.4. The number of carbonyl (C=O) groups is 1. The van der Waals surface area contributed by atoms with E-state index in [1.807, 2.05) is 42.2 Å². The van der Waals surface area contributed by atoms with Crippen LogP contribution in [0.1, 0.15) is 43.6 Å². The highest BCUT2D eigenvalue weighted by Crippen LogP contribution is 2.40. The van der Waals surface area contributed by atoms with Crippen molar-refractivity contribution in [2.24, 2.45) is 5.92 Å². The lowest BCUT2D eigenvalue weighted by molar-refractivity contribution is -0.149. The van der Waals surface area contributed by atoms with Crippen molar-refractivity contribution >= 4 is 39.3 Å². The SMILES string of the molecule is CCOC(=O)C1CCN(c2nc(NCc3ccccc3)c3cc(C(F)(F)F)sc3n2)C(CC)C1. The van der Waals surface area contributed by atoms with Gasteiger partial charge in [-0.1, -0.05) is 37.3 Å². The number of hydrogen-bond acceptors (Lipinski definition) is 7. The molecule has 4 rings (SSSR count). The summed E-state index contributed by atoms with van der Waals surface area (Å²) in [6.45, 7) is 5.10. The molecular weight excluding hydrogens is 465 g/mol. The van der Waals surface area contributed by atoms with Crippen molar-refractivity contribution in [3.63, 3.8) is 0 Å². The van der Waals surface area contributed by atoms with Gasteiger partial charge in [-0.3, -0.25) is 4.79 Å². The number of nitrogens with one attached hydrogen (secondary N) is 1. The van der Waals surface area contributed by atoms with Crippen molar-refractivity contribution in [2.45, 2.75) is 51.9 Å². The summed E-state index contributed by atoms with van der Waals surface area (Å²) in [5.74, 6) is 0.361. The average molecular weight is 493 g/mol. The second-order valence-corrected chi connectivity index (χ2v) is 9.30. The lowest BCUT2D eigenvalue weighted by Crippen LogP contribution is -2.45. The molecule has 1 aliphatic rings. The molecule has 0 spiro atoms. The fourth-order valence-corrected chi connectivity index (χ4v) is 5.16. The summed E-state index contributed by atoms with van der Waals surface area (Å²) in [6.07, 6.45) is -2.52. The fourth-order valence-electron chi connectivity index (χ4n) is 4.27. The number of nitrogens with zero attached hydrogens (tertiary/aromatic N) is 3. The lowest BCUT2D eigenvalue weighted by atomic mass is 9.90. The van der Waals surface area contributed by atoms with Gasteiger partial charge >= 0.3 is 12.1 Å². The summed E-state index contributed by atoms with van der Waals surface area (Å²) >= 11 is 0.622. The molecule has 0 radical (unpaired) electrons. The summed E-state index contributed by atoms with van der Waals surface area (Å²) in [5, 5.41) is 3.57. The predicted octanol–water partition coefficient (Wildman–Crippen LogP) is 5.88. The van der Waals surface area contributed by atoms with Crippen LogP contribution in [0.4, 0.5) is 24.9 Å². The smallest absolute Gasteiger partial charge is 0.425 e. The van der Waals surface area contributed by atoms with Crippen LogP contribution in [-0.2, 0) is 22.3 Å². The van der Waals surface area contributed by atoms with Crippen molar-refractivity contribution in [1.29, 1.82) is 0 Å². The van der Waals surface area contributed by atoms with Gasteiger partial charge in [-0.25, -0.2) is 4.98 Å². The van der Waals surface area contributed by atoms with Gasteiger partial charge in [0.25, 0.3) is 0 Å². The van der Waals surface area contributed by atoms with E-state index in [1.54, 1.807) is 6.92 Å². The van der Waals surface area contributed by atoms with E-state index < -0.39 is 11.1 Å². The standard InChI is InChI=1S/C24H27F3N4O2S/c1-3-17-12-16(22(32)33-4-2)10-11-31(17)23-29-20(28-14-15-8-6-5-7-9-15)18-13-19(24(25,26)27)34-21(18)30-23/h5-9,13,16-17H,3-4,10-12,14H2,1-2H3,(H,28,29,30). The number of ether oxygens (including phenoxy) is 1. The first-order valence-corrected chi connectivity index (χ1v) is 12.2. The maximum absolute atomic E-state index is 13.4. The molecule has 1 aliphatic heterocycles. The Kier molecular flexibility index (Phi) is 7.25. The van der Waals surface area contributed by atoms with E-state index in [2.05, 4.69) is 15.3 Å². The van der Waals surface area contributed by atoms with Crippen molar-refractivity contribution < 1.29 is 22.7 Å². The van der Waals surface area contributed by atoms with E-state index in [9.17, 15) is 18.0 Å². The Bertz CT molecular complexity index is 1140. The van der Waals surface area contributed by atoms with Crippen LogP contribution in [-0.4, -0.2) is 35.1 Å². The average Bonchev–Trinajstić information content (AvgIpc) is 3.28. The minimum Gasteiger partial charge on any atom is -0.466 e. The number of hydrogen-bond donors (Lipinski definition) is 1. The quantitative estimate of drug-likeness (QED) is 0.416. The summed E-state index contributed by atoms with van der Waals surface area (Å²) in [7, 11) is 0. The number of aromatic nitrogens is 2. The van der Waals surface area contributed by atoms with Crippen LogP contribution < -0.4 is 10.2 Å². The number of anilines is 2. The number of benzene rings is 1. The molecule has 182 valence electrons. The summed E-state index contributed by atoms with van der Waals surface area (Å²) in [6, 6.07) is 10.7. The second kappa shape index (κ2) is 10.2. The van der Waals surface area contributed by atoms with E-state index in [0.717, 1.165) is 18.1 Å². The largest absolute Gasteiger partial charge is 0.466 e. The van der Waals surface area contributed by atoms with Gasteiger partial charge < -0.3 is 15.0 Å². The van der Waals surface area contributed by atoms with Crippen molar-refractivity contribution in [3.05, 3.63) is 46.8 Å². The summed E-state index contributed by atoms with van der Waals surface area (Å²) < 4.78 is 45.5. The molecule has 6 nitrogen and oxygen atoms in total. The van der Waals surface area contributed by atoms with Gasteiger partial charge in [-0.15, -0.1) is 11.3 Å². The number of fused-ring (bicyclic) bond motifs is 1. The highest BCUT2D eigenvalue weighted by atomic mass is 32.1. The molecule has 34 heavy (non-hydrogen) atoms. The molecule has 0 aliphatic carbocycles. The van der Waals surface area contributed by atoms with Gasteiger partial charge in [0.1, 0.15) is 15.5 Å². The van der Waals surface area contributed by atoms with Crippen LogP contribution in [0, 0.1) is 5.92 Å². The van der Waals surface area contributed by atoms with Gasteiger partial charge in [0.15, 0.2) is 0 Å². The molecule has 1 N–H and O–H groups in total. The zero-order chi connectivity index (χ0) is 24.3. The minimum atomic E-state index is -4.45. The Morgan fingerprint density at radius 3 is 2.68 bits per heavy atom. The molecule has 2 unspecified atom stereocenters. The Morgan fingerprint density at radius 2 is 2.00 bits per heavy atom. The number of thiophene rings is 1. The second-order valence-electron chi connectivity index (χ2n) is 8.27. The zero-order valence-corrected chi connectivity index (χ0v) is 19.9. The third-order valence-corrected chi connectivity index (χ3v) is 7.10. The van der Waals surface area contributed by atoms with E-state index in [4.69, 9.17) is 4.74 Å². The highest BCUT2D eigenvalue weighted by Gasteiger charge is 2.36. The van der Waals surface area contributed by atoms with Crippen LogP contribution in [0.3, 0.4) is 0 Å². The highest BCUT2D eigenvalue weighted by molar-refractivity contribution is 7.18. The van der Waals surface area contributed by atoms with Gasteiger partial charge in [0, 0.05) is 19.1 Å². The number of halogens is 3. The topological polar surface area (TPSA) is 67.3 Å². The molecule has 3 heterocycles. The molecule has 0 saturated carbocycles. The van der Waals surface area contributed by atoms with Crippen LogP contribution >= 0.6 is 11.3 Å². The van der Waals surface area contributed by atoms with Crippen molar-refractivity contribution in [1.82, 2.24) is 9.97 Å². The normalized spacial score (nSPS) is 18.8. The van der Waals surface area contributed by atoms with E-state index in [-0.39, 0.29) is 22.8 Å². The molecule has 3 aromatic rings. The number of rotatable bonds is 7. The monoisotopic (exact) mass is 492 g/mol. The molecule has 1 fully saturated rings. The van der Waals surface area contributed by atoms with Gasteiger partial charge in [-0.2, -0.15) is 18.2 Å². The molecule has 0 bridgehead atoms. The number of alkyl halides is 3. The first kappa shape index (κ1) is 24.3. The van der Waals surface area contributed by atoms with Crippen molar-refractivity contribution in [2.75, 3.05) is 23.4 Å². The summed E-state index contributed by atoms with van der Waals surface area (Å²) in [5.41, 5.74) is 0.990. The number of carbonyl (C=O) groups excluding carboxylic acids is 1. The molecule has 10 heteroatoms. The van der Waals surface area contributed by atoms with Crippen LogP contribution in [0.25, 0.3) is 10.2 Å². The number of esters is 1. The minimum absolute atomic E-state index is 0.00960. The maximum Gasteiger partial charge on any atom is 0.425 e. The molecule has 2 atom stereocenters. The Labute approximate surface area is 200 Å². The van der Waals surface area contributed by atoms with Gasteiger partial charge in [0.2, 0.25) is 5.95 Å². The maximum atomic E-state index is 13.4. The molecule has 2 aromatic heterocycles. The Hall–Kier alpha value is -2.88. The van der Waals surface area contributed by atoms with E-state index in [0.29, 0.717) is 61.0 Å². The van der Waals surface area contributed by atoms with Gasteiger partial charge in [-0.05, 0) is 37.8 Å². The van der Waals surface area contributed by atoms with Crippen molar-refractivity contribution in [3.8, 4) is 0 Å². The van der Waals surface area contributed by atoms with Gasteiger partial charge in [0.05, 0.1) is 17.9 Å². The van der Waals surface area contributed by atoms with Crippen LogP contribution in [0.5, 0.6) is 0 Å². The third-order valence-electron chi connectivity index (χ3n) is 6.03. The summed E-state index contributed by atoms with van der Waals surface area (Å²) in [4.78, 5) is 23.1. The molecule has 1 aromatic carbocycles. The zero-order valence-electron chi connectivity index (χ0n) is 19.1. The third kappa shape index (κ3) is 5.27. The predicted molar refractivity (Wildman–Crippen MR) is 127 cm³/mol.